The van der Waals surface area contributed by atoms with Crippen molar-refractivity contribution < 1.29 is 4.79 Å². The molecule has 0 fully saturated rings. The third-order valence-corrected chi connectivity index (χ3v) is 5.12. The Labute approximate surface area is 161 Å². The van der Waals surface area contributed by atoms with Crippen LogP contribution >= 0.6 is 11.3 Å². The fourth-order valence-corrected chi connectivity index (χ4v) is 3.72. The molecule has 0 aliphatic carbocycles. The summed E-state index contributed by atoms with van der Waals surface area (Å²) in [5, 5.41) is 6.84. The van der Waals surface area contributed by atoms with Crippen LogP contribution in [-0.2, 0) is 17.6 Å². The molecule has 0 saturated heterocycles. The van der Waals surface area contributed by atoms with E-state index in [1.165, 1.54) is 11.3 Å². The minimum atomic E-state index is -0.0268. The zero-order chi connectivity index (χ0) is 18.5. The number of carbonyl (C=O) groups is 1. The van der Waals surface area contributed by atoms with Gasteiger partial charge in [-0.2, -0.15) is 0 Å². The maximum absolute atomic E-state index is 12.2. The van der Waals surface area contributed by atoms with E-state index in [1.807, 2.05) is 47.8 Å². The zero-order valence-electron chi connectivity index (χ0n) is 14.6. The standard InChI is InChI=1S/C21H18N4OS/c26-19(13-17-14-27-21(25-17)18-8-1-2-10-22-18)23-12-9-16-6-3-5-15-7-4-11-24-20(15)16/h1-8,10-11,14H,9,12-13H2,(H,23,26). The highest BCUT2D eigenvalue weighted by atomic mass is 32.1. The molecule has 4 aromatic rings. The Balaban J connectivity index is 1.33. The third-order valence-electron chi connectivity index (χ3n) is 4.21. The van der Waals surface area contributed by atoms with Gasteiger partial charge in [-0.1, -0.05) is 30.3 Å². The molecule has 0 unspecified atom stereocenters. The summed E-state index contributed by atoms with van der Waals surface area (Å²) in [6, 6.07) is 15.8. The summed E-state index contributed by atoms with van der Waals surface area (Å²) in [5.41, 5.74) is 3.73. The van der Waals surface area contributed by atoms with Gasteiger partial charge in [0.1, 0.15) is 5.01 Å². The van der Waals surface area contributed by atoms with Gasteiger partial charge in [0.05, 0.1) is 23.3 Å². The number of aromatic nitrogens is 3. The van der Waals surface area contributed by atoms with E-state index < -0.39 is 0 Å². The Bertz CT molecular complexity index is 1060. The number of nitrogens with one attached hydrogen (secondary N) is 1. The number of para-hydroxylation sites is 1. The molecule has 6 heteroatoms. The number of hydrogen-bond acceptors (Lipinski definition) is 5. The van der Waals surface area contributed by atoms with Gasteiger partial charge < -0.3 is 5.32 Å². The first-order valence-corrected chi connectivity index (χ1v) is 9.63. The van der Waals surface area contributed by atoms with Gasteiger partial charge in [0, 0.05) is 29.7 Å². The first-order chi connectivity index (χ1) is 13.3. The van der Waals surface area contributed by atoms with Crippen LogP contribution in [0.5, 0.6) is 0 Å². The number of hydrogen-bond donors (Lipinski definition) is 1. The van der Waals surface area contributed by atoms with Crippen molar-refractivity contribution in [2.45, 2.75) is 12.8 Å². The lowest BCUT2D eigenvalue weighted by Crippen LogP contribution is -2.27. The number of carbonyl (C=O) groups excluding carboxylic acids is 1. The predicted molar refractivity (Wildman–Crippen MR) is 108 cm³/mol. The summed E-state index contributed by atoms with van der Waals surface area (Å²) in [6.45, 7) is 0.575. The highest BCUT2D eigenvalue weighted by molar-refractivity contribution is 7.13. The van der Waals surface area contributed by atoms with Gasteiger partial charge in [0.15, 0.2) is 0 Å². The molecule has 0 bridgehead atoms. The fraction of sp³-hybridized carbons (Fsp3) is 0.143. The van der Waals surface area contributed by atoms with Gasteiger partial charge in [0.25, 0.3) is 0 Å². The largest absolute Gasteiger partial charge is 0.355 e. The van der Waals surface area contributed by atoms with Crippen LogP contribution in [0.3, 0.4) is 0 Å². The molecule has 1 amide bonds. The molecule has 0 aliphatic heterocycles. The lowest BCUT2D eigenvalue weighted by atomic mass is 10.1. The third kappa shape index (κ3) is 4.17. The van der Waals surface area contributed by atoms with Gasteiger partial charge in [-0.25, -0.2) is 4.98 Å². The van der Waals surface area contributed by atoms with Gasteiger partial charge in [-0.3, -0.25) is 14.8 Å². The second-order valence-electron chi connectivity index (χ2n) is 6.13. The molecule has 0 aliphatic rings. The van der Waals surface area contributed by atoms with E-state index in [2.05, 4.69) is 26.3 Å². The van der Waals surface area contributed by atoms with Crippen molar-refractivity contribution in [3.8, 4) is 10.7 Å². The average Bonchev–Trinajstić information content (AvgIpc) is 3.17. The van der Waals surface area contributed by atoms with Crippen LogP contribution in [0, 0.1) is 0 Å². The second kappa shape index (κ2) is 8.05. The number of thiazole rings is 1. The number of rotatable bonds is 6. The average molecular weight is 374 g/mol. The zero-order valence-corrected chi connectivity index (χ0v) is 15.4. The normalized spacial score (nSPS) is 10.8. The van der Waals surface area contributed by atoms with Crippen molar-refractivity contribution in [3.63, 3.8) is 0 Å². The number of pyridine rings is 2. The van der Waals surface area contributed by atoms with Crippen molar-refractivity contribution in [2.75, 3.05) is 6.54 Å². The monoisotopic (exact) mass is 374 g/mol. The lowest BCUT2D eigenvalue weighted by molar-refractivity contribution is -0.120. The Hall–Kier alpha value is -3.12. The van der Waals surface area contributed by atoms with Crippen LogP contribution < -0.4 is 5.32 Å². The summed E-state index contributed by atoms with van der Waals surface area (Å²) in [7, 11) is 0. The van der Waals surface area contributed by atoms with E-state index in [0.29, 0.717) is 6.54 Å². The van der Waals surface area contributed by atoms with E-state index in [0.717, 1.165) is 39.3 Å². The Kier molecular flexibility index (Phi) is 5.16. The van der Waals surface area contributed by atoms with E-state index in [-0.39, 0.29) is 12.3 Å². The summed E-state index contributed by atoms with van der Waals surface area (Å²) in [5.74, 6) is -0.0268. The molecule has 1 aromatic carbocycles. The molecule has 5 nitrogen and oxygen atoms in total. The predicted octanol–water partition coefficient (Wildman–Crippen LogP) is 3.65. The Morgan fingerprint density at radius 1 is 1.00 bits per heavy atom. The van der Waals surface area contributed by atoms with Gasteiger partial charge >= 0.3 is 0 Å². The molecule has 0 spiro atoms. The topological polar surface area (TPSA) is 67.8 Å². The Morgan fingerprint density at radius 3 is 2.78 bits per heavy atom. The van der Waals surface area contributed by atoms with E-state index >= 15 is 0 Å². The lowest BCUT2D eigenvalue weighted by Gasteiger charge is -2.07. The Morgan fingerprint density at radius 2 is 1.89 bits per heavy atom. The van der Waals surface area contributed by atoms with Crippen LogP contribution in [0.2, 0.25) is 0 Å². The van der Waals surface area contributed by atoms with Gasteiger partial charge in [-0.05, 0) is 30.2 Å². The molecule has 0 atom stereocenters. The number of fused-ring (bicyclic) bond motifs is 1. The number of nitrogens with zero attached hydrogens (tertiary/aromatic N) is 3. The summed E-state index contributed by atoms with van der Waals surface area (Å²) in [6.07, 6.45) is 4.56. The quantitative estimate of drug-likeness (QED) is 0.559. The highest BCUT2D eigenvalue weighted by Gasteiger charge is 2.10. The smallest absolute Gasteiger partial charge is 0.226 e. The van der Waals surface area contributed by atoms with Crippen LogP contribution in [0.4, 0.5) is 0 Å². The molecular formula is C21H18N4OS. The minimum Gasteiger partial charge on any atom is -0.355 e. The summed E-state index contributed by atoms with van der Waals surface area (Å²) >= 11 is 1.50. The molecule has 0 saturated carbocycles. The van der Waals surface area contributed by atoms with Gasteiger partial charge in [0.2, 0.25) is 5.91 Å². The van der Waals surface area contributed by atoms with Gasteiger partial charge in [-0.15, -0.1) is 11.3 Å². The summed E-state index contributed by atoms with van der Waals surface area (Å²) < 4.78 is 0. The molecule has 1 N–H and O–H groups in total. The second-order valence-corrected chi connectivity index (χ2v) is 6.99. The maximum Gasteiger partial charge on any atom is 0.226 e. The SMILES string of the molecule is O=C(Cc1csc(-c2ccccn2)n1)NCCc1cccc2cccnc12. The van der Waals surface area contributed by atoms with Crippen molar-refractivity contribution in [1.29, 1.82) is 0 Å². The van der Waals surface area contributed by atoms with Crippen molar-refractivity contribution in [1.82, 2.24) is 20.3 Å². The van der Waals surface area contributed by atoms with Crippen molar-refractivity contribution in [3.05, 3.63) is 77.6 Å². The molecular weight excluding hydrogens is 356 g/mol. The van der Waals surface area contributed by atoms with E-state index in [9.17, 15) is 4.79 Å². The first-order valence-electron chi connectivity index (χ1n) is 8.75. The van der Waals surface area contributed by atoms with E-state index in [4.69, 9.17) is 0 Å². The fourth-order valence-electron chi connectivity index (χ4n) is 2.93. The molecule has 3 heterocycles. The van der Waals surface area contributed by atoms with E-state index in [1.54, 1.807) is 12.4 Å². The van der Waals surface area contributed by atoms with Crippen LogP contribution in [0.15, 0.2) is 66.3 Å². The maximum atomic E-state index is 12.2. The summed E-state index contributed by atoms with van der Waals surface area (Å²) in [4.78, 5) is 25.5. The van der Waals surface area contributed by atoms with Crippen molar-refractivity contribution in [2.24, 2.45) is 0 Å². The minimum absolute atomic E-state index is 0.0268. The van der Waals surface area contributed by atoms with Crippen molar-refractivity contribution >= 4 is 28.1 Å². The molecule has 0 radical (unpaired) electrons. The number of benzene rings is 1. The molecule has 27 heavy (non-hydrogen) atoms. The molecule has 3 aromatic heterocycles. The van der Waals surface area contributed by atoms with Crippen LogP contribution in [0.25, 0.3) is 21.6 Å². The van der Waals surface area contributed by atoms with Crippen LogP contribution in [0.1, 0.15) is 11.3 Å². The molecule has 134 valence electrons. The first kappa shape index (κ1) is 17.3. The van der Waals surface area contributed by atoms with Crippen LogP contribution in [-0.4, -0.2) is 27.4 Å². The number of amides is 1. The highest BCUT2D eigenvalue weighted by Crippen LogP contribution is 2.21. The molecule has 4 rings (SSSR count).